The van der Waals surface area contributed by atoms with Crippen molar-refractivity contribution in [1.82, 2.24) is 14.6 Å². The molecule has 3 amide bonds. The van der Waals surface area contributed by atoms with Gasteiger partial charge in [0.2, 0.25) is 15.9 Å². The first-order valence-corrected chi connectivity index (χ1v) is 14.0. The van der Waals surface area contributed by atoms with E-state index < -0.39 is 33.8 Å². The number of halogens is 1. The number of rotatable bonds is 6. The van der Waals surface area contributed by atoms with Crippen LogP contribution < -0.4 is 11.1 Å². The number of carbonyl (C=O) groups excluding carboxylic acids is 3. The van der Waals surface area contributed by atoms with Crippen molar-refractivity contribution in [3.8, 4) is 0 Å². The Balaban J connectivity index is 1.29. The molecule has 0 saturated carbocycles. The van der Waals surface area contributed by atoms with E-state index in [1.54, 1.807) is 18.2 Å². The van der Waals surface area contributed by atoms with Crippen LogP contribution in [0.5, 0.6) is 0 Å². The first-order chi connectivity index (χ1) is 17.6. The molecular formula is C25H25BrN4O6S. The summed E-state index contributed by atoms with van der Waals surface area (Å²) in [5, 5.41) is 2.66. The predicted octanol–water partition coefficient (Wildman–Crippen LogP) is 1.87. The smallest absolute Gasteiger partial charge is 0.266 e. The van der Waals surface area contributed by atoms with Crippen molar-refractivity contribution in [2.24, 2.45) is 11.7 Å². The van der Waals surface area contributed by atoms with Crippen LogP contribution in [0.3, 0.4) is 0 Å². The number of nitrogens with zero attached hydrogens (tertiary/aromatic N) is 1. The summed E-state index contributed by atoms with van der Waals surface area (Å²) in [6.45, 7) is -0.393. The molecule has 1 unspecified atom stereocenters. The minimum absolute atomic E-state index is 0.0285. The summed E-state index contributed by atoms with van der Waals surface area (Å²) in [6.07, 6.45) is 0.544. The fourth-order valence-corrected chi connectivity index (χ4v) is 7.16. The van der Waals surface area contributed by atoms with E-state index in [1.165, 1.54) is 11.1 Å². The van der Waals surface area contributed by atoms with Gasteiger partial charge in [-0.1, -0.05) is 40.2 Å². The summed E-state index contributed by atoms with van der Waals surface area (Å²) in [5.41, 5.74) is 8.08. The van der Waals surface area contributed by atoms with E-state index in [2.05, 4.69) is 26.2 Å². The van der Waals surface area contributed by atoms with Crippen molar-refractivity contribution in [2.45, 2.75) is 30.3 Å². The number of nitrogens with one attached hydrogen (secondary N) is 2. The van der Waals surface area contributed by atoms with E-state index in [1.807, 2.05) is 24.3 Å². The van der Waals surface area contributed by atoms with Crippen LogP contribution in [0.4, 0.5) is 0 Å². The molecule has 0 radical (unpaired) electrons. The number of sulfonamides is 1. The summed E-state index contributed by atoms with van der Waals surface area (Å²) in [6, 6.07) is 12.9. The molecule has 37 heavy (non-hydrogen) atoms. The molecule has 1 aliphatic carbocycles. The number of amides is 3. The predicted molar refractivity (Wildman–Crippen MR) is 138 cm³/mol. The number of primary amides is 1. The largest absolute Gasteiger partial charge is 0.366 e. The zero-order valence-electron chi connectivity index (χ0n) is 19.7. The van der Waals surface area contributed by atoms with Gasteiger partial charge in [0.05, 0.1) is 6.61 Å². The summed E-state index contributed by atoms with van der Waals surface area (Å²) in [7, 11) is -4.25. The molecule has 1 fully saturated rings. The number of nitrogens with two attached hydrogens (primary N) is 1. The monoisotopic (exact) mass is 588 g/mol. The maximum Gasteiger partial charge on any atom is 0.266 e. The Labute approximate surface area is 221 Å². The third-order valence-corrected chi connectivity index (χ3v) is 9.20. The highest BCUT2D eigenvalue weighted by molar-refractivity contribution is 9.10. The Hall–Kier alpha value is -3.06. The number of imide groups is 1. The van der Waals surface area contributed by atoms with Crippen LogP contribution >= 0.6 is 15.9 Å². The van der Waals surface area contributed by atoms with Crippen molar-refractivity contribution >= 4 is 54.6 Å². The molecule has 0 bridgehead atoms. The third kappa shape index (κ3) is 5.06. The highest BCUT2D eigenvalue weighted by Gasteiger charge is 2.38. The minimum atomic E-state index is -4.25. The highest BCUT2D eigenvalue weighted by Crippen LogP contribution is 2.32. The van der Waals surface area contributed by atoms with Gasteiger partial charge in [0, 0.05) is 34.9 Å². The van der Waals surface area contributed by atoms with Crippen LogP contribution in [0.15, 0.2) is 51.8 Å². The summed E-state index contributed by atoms with van der Waals surface area (Å²) >= 11 is 3.32. The van der Waals surface area contributed by atoms with Gasteiger partial charge in [-0.3, -0.25) is 19.7 Å². The number of H-pyrrole nitrogens is 1. The molecule has 1 saturated heterocycles. The number of morpholine rings is 1. The van der Waals surface area contributed by atoms with Gasteiger partial charge in [-0.05, 0) is 48.1 Å². The summed E-state index contributed by atoms with van der Waals surface area (Å²) in [4.78, 5) is 40.0. The maximum atomic E-state index is 13.7. The molecular weight excluding hydrogens is 564 g/mol. The Kier molecular flexibility index (Phi) is 6.92. The first kappa shape index (κ1) is 25.6. The van der Waals surface area contributed by atoms with Crippen LogP contribution in [0.25, 0.3) is 10.9 Å². The van der Waals surface area contributed by atoms with Crippen LogP contribution in [-0.4, -0.2) is 61.2 Å². The zero-order valence-corrected chi connectivity index (χ0v) is 22.1. The molecule has 2 aromatic carbocycles. The number of fused-ring (bicyclic) bond motifs is 2. The second kappa shape index (κ2) is 10.0. The number of aromatic amines is 1. The molecule has 4 N–H and O–H groups in total. The molecule has 1 aliphatic heterocycles. The molecule has 1 aromatic heterocycles. The first-order valence-electron chi connectivity index (χ1n) is 11.8. The van der Waals surface area contributed by atoms with E-state index in [0.29, 0.717) is 15.4 Å². The Morgan fingerprint density at radius 2 is 1.84 bits per heavy atom. The molecule has 0 spiro atoms. The molecule has 194 valence electrons. The van der Waals surface area contributed by atoms with Gasteiger partial charge in [0.25, 0.3) is 11.8 Å². The van der Waals surface area contributed by atoms with Gasteiger partial charge < -0.3 is 15.5 Å². The summed E-state index contributed by atoms with van der Waals surface area (Å²) < 4.78 is 34.5. The summed E-state index contributed by atoms with van der Waals surface area (Å²) in [5.74, 6) is -1.95. The Bertz CT molecular complexity index is 1490. The molecule has 2 aliphatic rings. The normalized spacial score (nSPS) is 18.6. The Morgan fingerprint density at radius 3 is 2.51 bits per heavy atom. The average molecular weight is 589 g/mol. The van der Waals surface area contributed by atoms with Crippen LogP contribution in [0.2, 0.25) is 0 Å². The van der Waals surface area contributed by atoms with E-state index in [0.717, 1.165) is 17.1 Å². The topological polar surface area (TPSA) is 152 Å². The van der Waals surface area contributed by atoms with Crippen molar-refractivity contribution in [2.75, 3.05) is 19.7 Å². The van der Waals surface area contributed by atoms with Crippen LogP contribution in [0, 0.1) is 5.92 Å². The quantitative estimate of drug-likeness (QED) is 0.399. The van der Waals surface area contributed by atoms with Gasteiger partial charge in [-0.15, -0.1) is 0 Å². The number of carbonyl (C=O) groups is 3. The van der Waals surface area contributed by atoms with Gasteiger partial charge >= 0.3 is 0 Å². The van der Waals surface area contributed by atoms with Gasteiger partial charge in [0.15, 0.2) is 0 Å². The van der Waals surface area contributed by atoms with Gasteiger partial charge in [-0.2, -0.15) is 4.31 Å². The van der Waals surface area contributed by atoms with Crippen molar-refractivity contribution in [3.63, 3.8) is 0 Å². The lowest BCUT2D eigenvalue weighted by molar-refractivity contribution is -0.141. The standard InChI is InChI=1S/C25H25BrN4O6S/c26-17-5-6-19-18(12-17)23(22(28-19)24(27)32)37(34,35)30-7-8-36-20(13-30)25(33)29-21(31)11-14-9-15-3-1-2-4-16(15)10-14/h1-6,12,14,20,28H,7-11,13H2,(H2,27,32)(H,29,31,33). The second-order valence-electron chi connectivity index (χ2n) is 9.27. The van der Waals surface area contributed by atoms with E-state index in [-0.39, 0.29) is 42.6 Å². The van der Waals surface area contributed by atoms with E-state index in [9.17, 15) is 22.8 Å². The van der Waals surface area contributed by atoms with E-state index >= 15 is 0 Å². The molecule has 2 heterocycles. The lowest BCUT2D eigenvalue weighted by Crippen LogP contribution is -2.52. The molecule has 12 heteroatoms. The SMILES string of the molecule is NC(=O)c1[nH]c2ccc(Br)cc2c1S(=O)(=O)N1CCOC(C(=O)NC(=O)CC2Cc3ccccc3C2)C1. The number of hydrogen-bond donors (Lipinski definition) is 3. The number of benzene rings is 2. The average Bonchev–Trinajstić information content (AvgIpc) is 3.45. The van der Waals surface area contributed by atoms with Crippen molar-refractivity contribution in [1.29, 1.82) is 0 Å². The van der Waals surface area contributed by atoms with Gasteiger partial charge in [0.1, 0.15) is 16.7 Å². The number of hydrogen-bond acceptors (Lipinski definition) is 6. The highest BCUT2D eigenvalue weighted by atomic mass is 79.9. The lowest BCUT2D eigenvalue weighted by atomic mass is 10.0. The molecule has 1 atom stereocenters. The third-order valence-electron chi connectivity index (χ3n) is 6.75. The van der Waals surface area contributed by atoms with Crippen LogP contribution in [0.1, 0.15) is 28.0 Å². The van der Waals surface area contributed by atoms with Crippen molar-refractivity contribution in [3.05, 3.63) is 63.8 Å². The Morgan fingerprint density at radius 1 is 1.14 bits per heavy atom. The van der Waals surface area contributed by atoms with Crippen molar-refractivity contribution < 1.29 is 27.5 Å². The molecule has 3 aromatic rings. The van der Waals surface area contributed by atoms with E-state index in [4.69, 9.17) is 10.5 Å². The van der Waals surface area contributed by atoms with Crippen LogP contribution in [-0.2, 0) is 37.2 Å². The molecule has 5 rings (SSSR count). The zero-order chi connectivity index (χ0) is 26.3. The fourth-order valence-electron chi connectivity index (χ4n) is 5.04. The number of aromatic nitrogens is 1. The van der Waals surface area contributed by atoms with Gasteiger partial charge in [-0.25, -0.2) is 8.42 Å². The minimum Gasteiger partial charge on any atom is -0.366 e. The lowest BCUT2D eigenvalue weighted by Gasteiger charge is -2.31. The number of ether oxygens (including phenoxy) is 1. The maximum absolute atomic E-state index is 13.7. The second-order valence-corrected chi connectivity index (χ2v) is 12.1. The molecule has 10 nitrogen and oxygen atoms in total. The fraction of sp³-hybridized carbons (Fsp3) is 0.320.